The van der Waals surface area contributed by atoms with Crippen LogP contribution in [0.15, 0.2) is 27.0 Å². The van der Waals surface area contributed by atoms with E-state index in [1.165, 1.54) is 4.88 Å². The van der Waals surface area contributed by atoms with Gasteiger partial charge in [-0.05, 0) is 11.4 Å². The molecule has 0 saturated carbocycles. The standard InChI is InChI=1S/C14H21N5OS.HI/c1-10(2)13-18-12(20-19-13)6-7-16-14(15-3)17-9-11-5-4-8-21-11;/h4-5,8,10H,6-7,9H2,1-3H3,(H2,15,16,17);1H. The number of rotatable bonds is 6. The first kappa shape index (κ1) is 18.9. The first-order valence-electron chi connectivity index (χ1n) is 6.98. The number of hydrogen-bond acceptors (Lipinski definition) is 5. The fourth-order valence-electron chi connectivity index (χ4n) is 1.70. The molecule has 0 amide bonds. The van der Waals surface area contributed by atoms with Crippen LogP contribution in [0.3, 0.4) is 0 Å². The molecule has 0 spiro atoms. The molecule has 0 aliphatic heterocycles. The lowest BCUT2D eigenvalue weighted by Gasteiger charge is -2.09. The van der Waals surface area contributed by atoms with Gasteiger partial charge in [-0.15, -0.1) is 35.3 Å². The van der Waals surface area contributed by atoms with Gasteiger partial charge in [-0.1, -0.05) is 25.1 Å². The van der Waals surface area contributed by atoms with Crippen molar-refractivity contribution in [3.63, 3.8) is 0 Å². The maximum Gasteiger partial charge on any atom is 0.228 e. The Morgan fingerprint density at radius 3 is 2.82 bits per heavy atom. The number of thiophene rings is 1. The van der Waals surface area contributed by atoms with Crippen molar-refractivity contribution < 1.29 is 4.52 Å². The van der Waals surface area contributed by atoms with Crippen LogP contribution in [-0.2, 0) is 13.0 Å². The summed E-state index contributed by atoms with van der Waals surface area (Å²) in [5.41, 5.74) is 0. The summed E-state index contributed by atoms with van der Waals surface area (Å²) in [6, 6.07) is 4.14. The number of guanidine groups is 1. The van der Waals surface area contributed by atoms with Crippen molar-refractivity contribution in [2.24, 2.45) is 4.99 Å². The fourth-order valence-corrected chi connectivity index (χ4v) is 2.34. The van der Waals surface area contributed by atoms with Crippen LogP contribution in [0, 0.1) is 0 Å². The molecule has 2 N–H and O–H groups in total. The normalized spacial score (nSPS) is 11.4. The lowest BCUT2D eigenvalue weighted by atomic mass is 10.2. The zero-order chi connectivity index (χ0) is 15.1. The Morgan fingerprint density at radius 2 is 2.23 bits per heavy atom. The molecular weight excluding hydrogens is 413 g/mol. The minimum absolute atomic E-state index is 0. The molecule has 2 rings (SSSR count). The summed E-state index contributed by atoms with van der Waals surface area (Å²) in [5.74, 6) is 2.47. The lowest BCUT2D eigenvalue weighted by Crippen LogP contribution is -2.37. The maximum absolute atomic E-state index is 5.20. The van der Waals surface area contributed by atoms with Gasteiger partial charge in [0.15, 0.2) is 11.8 Å². The van der Waals surface area contributed by atoms with E-state index in [9.17, 15) is 0 Å². The molecule has 2 aromatic rings. The first-order valence-corrected chi connectivity index (χ1v) is 7.86. The van der Waals surface area contributed by atoms with Gasteiger partial charge in [-0.25, -0.2) is 0 Å². The van der Waals surface area contributed by atoms with Gasteiger partial charge < -0.3 is 15.2 Å². The van der Waals surface area contributed by atoms with Gasteiger partial charge in [0, 0.05) is 30.8 Å². The van der Waals surface area contributed by atoms with E-state index in [-0.39, 0.29) is 29.9 Å². The monoisotopic (exact) mass is 435 g/mol. The highest BCUT2D eigenvalue weighted by Crippen LogP contribution is 2.09. The predicted molar refractivity (Wildman–Crippen MR) is 100 cm³/mol. The van der Waals surface area contributed by atoms with Crippen LogP contribution >= 0.6 is 35.3 Å². The Kier molecular flexibility index (Phi) is 8.39. The van der Waals surface area contributed by atoms with Crippen molar-refractivity contribution in [1.82, 2.24) is 20.8 Å². The summed E-state index contributed by atoms with van der Waals surface area (Å²) in [6.45, 7) is 5.56. The molecular formula is C14H22IN5OS. The molecule has 22 heavy (non-hydrogen) atoms. The first-order chi connectivity index (χ1) is 10.2. The number of nitrogens with one attached hydrogen (secondary N) is 2. The van der Waals surface area contributed by atoms with E-state index >= 15 is 0 Å². The number of hydrogen-bond donors (Lipinski definition) is 2. The molecule has 0 atom stereocenters. The van der Waals surface area contributed by atoms with Crippen molar-refractivity contribution in [1.29, 1.82) is 0 Å². The summed E-state index contributed by atoms with van der Waals surface area (Å²) in [5, 5.41) is 12.5. The van der Waals surface area contributed by atoms with E-state index < -0.39 is 0 Å². The van der Waals surface area contributed by atoms with Crippen LogP contribution in [0.5, 0.6) is 0 Å². The third-order valence-electron chi connectivity index (χ3n) is 2.87. The molecule has 0 bridgehead atoms. The molecule has 2 heterocycles. The largest absolute Gasteiger partial charge is 0.356 e. The number of aliphatic imine (C=N–C) groups is 1. The Balaban J connectivity index is 0.00000242. The Labute approximate surface area is 151 Å². The molecule has 8 heteroatoms. The Hall–Kier alpha value is -1.16. The highest BCUT2D eigenvalue weighted by Gasteiger charge is 2.09. The topological polar surface area (TPSA) is 75.3 Å². The average molecular weight is 435 g/mol. The van der Waals surface area contributed by atoms with Crippen LogP contribution in [-0.4, -0.2) is 29.7 Å². The lowest BCUT2D eigenvalue weighted by molar-refractivity contribution is 0.371. The van der Waals surface area contributed by atoms with Gasteiger partial charge in [-0.3, -0.25) is 4.99 Å². The van der Waals surface area contributed by atoms with Crippen LogP contribution in [0.25, 0.3) is 0 Å². The third kappa shape index (κ3) is 5.91. The molecule has 0 fully saturated rings. The minimum atomic E-state index is 0. The van der Waals surface area contributed by atoms with Gasteiger partial charge >= 0.3 is 0 Å². The molecule has 0 unspecified atom stereocenters. The number of nitrogens with zero attached hydrogens (tertiary/aromatic N) is 3. The van der Waals surface area contributed by atoms with Crippen LogP contribution in [0.2, 0.25) is 0 Å². The molecule has 0 aromatic carbocycles. The summed E-state index contributed by atoms with van der Waals surface area (Å²) in [6.07, 6.45) is 0.680. The van der Waals surface area contributed by atoms with Gasteiger partial charge in [-0.2, -0.15) is 4.98 Å². The van der Waals surface area contributed by atoms with E-state index in [4.69, 9.17) is 4.52 Å². The van der Waals surface area contributed by atoms with Crippen LogP contribution in [0.4, 0.5) is 0 Å². The summed E-state index contributed by atoms with van der Waals surface area (Å²) in [7, 11) is 1.76. The van der Waals surface area contributed by atoms with Crippen molar-refractivity contribution in [2.75, 3.05) is 13.6 Å². The minimum Gasteiger partial charge on any atom is -0.356 e. The Bertz CT molecular complexity index is 568. The number of halogens is 1. The zero-order valence-corrected chi connectivity index (χ0v) is 16.1. The quantitative estimate of drug-likeness (QED) is 0.415. The van der Waals surface area contributed by atoms with E-state index in [2.05, 4.69) is 37.2 Å². The van der Waals surface area contributed by atoms with Gasteiger partial charge in [0.05, 0.1) is 6.54 Å². The zero-order valence-electron chi connectivity index (χ0n) is 13.0. The van der Waals surface area contributed by atoms with Crippen LogP contribution in [0.1, 0.15) is 36.4 Å². The Morgan fingerprint density at radius 1 is 1.41 bits per heavy atom. The summed E-state index contributed by atoms with van der Waals surface area (Å²) < 4.78 is 5.20. The van der Waals surface area contributed by atoms with Gasteiger partial charge in [0.1, 0.15) is 0 Å². The second-order valence-electron chi connectivity index (χ2n) is 4.88. The van der Waals surface area contributed by atoms with Crippen molar-refractivity contribution in [2.45, 2.75) is 32.7 Å². The molecule has 0 radical (unpaired) electrons. The van der Waals surface area contributed by atoms with E-state index in [1.807, 2.05) is 19.9 Å². The fraction of sp³-hybridized carbons (Fsp3) is 0.500. The van der Waals surface area contributed by atoms with Crippen molar-refractivity contribution >= 4 is 41.3 Å². The third-order valence-corrected chi connectivity index (χ3v) is 3.74. The average Bonchev–Trinajstić information content (AvgIpc) is 3.13. The van der Waals surface area contributed by atoms with E-state index in [0.29, 0.717) is 18.9 Å². The van der Waals surface area contributed by atoms with Gasteiger partial charge in [0.25, 0.3) is 0 Å². The molecule has 0 aliphatic carbocycles. The van der Waals surface area contributed by atoms with E-state index in [0.717, 1.165) is 18.3 Å². The predicted octanol–water partition coefficient (Wildman–Crippen LogP) is 2.78. The second kappa shape index (κ2) is 9.78. The van der Waals surface area contributed by atoms with Crippen molar-refractivity contribution in [3.05, 3.63) is 34.1 Å². The number of aromatic nitrogens is 2. The van der Waals surface area contributed by atoms with E-state index in [1.54, 1.807) is 18.4 Å². The molecule has 2 aromatic heterocycles. The SMILES string of the molecule is CN=C(NCCc1nc(C(C)C)no1)NCc1cccs1.I. The molecule has 0 saturated heterocycles. The van der Waals surface area contributed by atoms with Crippen molar-refractivity contribution in [3.8, 4) is 0 Å². The second-order valence-corrected chi connectivity index (χ2v) is 5.92. The summed E-state index contributed by atoms with van der Waals surface area (Å²) in [4.78, 5) is 9.80. The maximum atomic E-state index is 5.20. The highest BCUT2D eigenvalue weighted by atomic mass is 127. The highest BCUT2D eigenvalue weighted by molar-refractivity contribution is 14.0. The molecule has 0 aliphatic rings. The molecule has 6 nitrogen and oxygen atoms in total. The smallest absolute Gasteiger partial charge is 0.228 e. The summed E-state index contributed by atoms with van der Waals surface area (Å²) >= 11 is 1.72. The van der Waals surface area contributed by atoms with Crippen LogP contribution < -0.4 is 10.6 Å². The van der Waals surface area contributed by atoms with Gasteiger partial charge in [0.2, 0.25) is 5.89 Å². The molecule has 122 valence electrons.